The van der Waals surface area contributed by atoms with Crippen LogP contribution in [0.15, 0.2) is 23.1 Å². The molecule has 6 heteroatoms. The van der Waals surface area contributed by atoms with E-state index in [9.17, 15) is 9.59 Å². The number of nitrogens with zero attached hydrogens (tertiary/aromatic N) is 2. The normalized spacial score (nSPS) is 13.3. The second-order valence-corrected chi connectivity index (χ2v) is 5.34. The van der Waals surface area contributed by atoms with Crippen LogP contribution in [-0.4, -0.2) is 32.7 Å². The minimum Gasteiger partial charge on any atom is -0.287 e. The molecule has 0 atom stereocenters. The molecule has 2 aromatic rings. The molecule has 0 fully saturated rings. The van der Waals surface area contributed by atoms with Crippen LogP contribution < -0.4 is 0 Å². The SMILES string of the molecule is CCCSc1cccc2c1C(=O)c1n[nH]nc1C2=O. The van der Waals surface area contributed by atoms with Crippen molar-refractivity contribution in [2.75, 3.05) is 5.75 Å². The largest absolute Gasteiger partial charge is 0.287 e. The standard InChI is InChI=1S/C13H11N3O2S/c1-2-6-19-8-5-3-4-7-9(8)13(18)11-10(12(7)17)14-16-15-11/h3-5H,2,6H2,1H3,(H,14,15,16). The summed E-state index contributed by atoms with van der Waals surface area (Å²) in [6.07, 6.45) is 1.01. The molecule has 1 aliphatic carbocycles. The van der Waals surface area contributed by atoms with Gasteiger partial charge in [0, 0.05) is 16.0 Å². The average molecular weight is 273 g/mol. The molecule has 5 nitrogen and oxygen atoms in total. The van der Waals surface area contributed by atoms with Crippen LogP contribution in [0.1, 0.15) is 45.4 Å². The summed E-state index contributed by atoms with van der Waals surface area (Å²) in [7, 11) is 0. The van der Waals surface area contributed by atoms with Gasteiger partial charge in [-0.2, -0.15) is 15.4 Å². The van der Waals surface area contributed by atoms with E-state index in [1.807, 2.05) is 6.07 Å². The van der Waals surface area contributed by atoms with Gasteiger partial charge < -0.3 is 0 Å². The maximum Gasteiger partial charge on any atom is 0.217 e. The number of hydrogen-bond donors (Lipinski definition) is 1. The molecule has 0 aliphatic heterocycles. The number of ketones is 2. The predicted molar refractivity (Wildman–Crippen MR) is 70.7 cm³/mol. The maximum atomic E-state index is 12.4. The van der Waals surface area contributed by atoms with Gasteiger partial charge in [0.1, 0.15) is 0 Å². The molecular weight excluding hydrogens is 262 g/mol. The van der Waals surface area contributed by atoms with Crippen molar-refractivity contribution in [3.63, 3.8) is 0 Å². The molecule has 1 N–H and O–H groups in total. The molecule has 0 radical (unpaired) electrons. The summed E-state index contributed by atoms with van der Waals surface area (Å²) in [6.45, 7) is 2.07. The molecule has 0 unspecified atom stereocenters. The fourth-order valence-electron chi connectivity index (χ4n) is 2.08. The number of nitrogens with one attached hydrogen (secondary N) is 1. The van der Waals surface area contributed by atoms with Crippen molar-refractivity contribution in [2.45, 2.75) is 18.2 Å². The number of H-pyrrole nitrogens is 1. The number of aromatic amines is 1. The molecule has 96 valence electrons. The van der Waals surface area contributed by atoms with Crippen molar-refractivity contribution >= 4 is 23.3 Å². The van der Waals surface area contributed by atoms with Gasteiger partial charge in [-0.3, -0.25) is 9.59 Å². The minimum atomic E-state index is -0.239. The van der Waals surface area contributed by atoms with Crippen molar-refractivity contribution in [3.05, 3.63) is 40.7 Å². The third-order valence-electron chi connectivity index (χ3n) is 2.94. The van der Waals surface area contributed by atoms with E-state index in [2.05, 4.69) is 22.3 Å². The summed E-state index contributed by atoms with van der Waals surface area (Å²) >= 11 is 1.59. The Morgan fingerprint density at radius 2 is 1.89 bits per heavy atom. The van der Waals surface area contributed by atoms with E-state index in [0.29, 0.717) is 11.1 Å². The lowest BCUT2D eigenvalue weighted by atomic mass is 9.90. The van der Waals surface area contributed by atoms with Gasteiger partial charge in [-0.1, -0.05) is 19.1 Å². The van der Waals surface area contributed by atoms with E-state index >= 15 is 0 Å². The highest BCUT2D eigenvalue weighted by Crippen LogP contribution is 2.32. The first kappa shape index (κ1) is 12.1. The molecule has 1 aromatic carbocycles. The minimum absolute atomic E-state index is 0.121. The maximum absolute atomic E-state index is 12.4. The molecule has 1 aliphatic rings. The Hall–Kier alpha value is -1.95. The molecule has 19 heavy (non-hydrogen) atoms. The highest BCUT2D eigenvalue weighted by Gasteiger charge is 2.34. The number of rotatable bonds is 3. The number of benzene rings is 1. The Balaban J connectivity index is 2.16. The second-order valence-electron chi connectivity index (χ2n) is 4.21. The summed E-state index contributed by atoms with van der Waals surface area (Å²) < 4.78 is 0. The van der Waals surface area contributed by atoms with E-state index in [-0.39, 0.29) is 23.0 Å². The van der Waals surface area contributed by atoms with Crippen LogP contribution >= 0.6 is 11.8 Å². The van der Waals surface area contributed by atoms with Crippen LogP contribution in [-0.2, 0) is 0 Å². The van der Waals surface area contributed by atoms with Gasteiger partial charge in [-0.05, 0) is 18.2 Å². The number of carbonyl (C=O) groups is 2. The summed E-state index contributed by atoms with van der Waals surface area (Å²) in [5.74, 6) is 0.443. The fourth-order valence-corrected chi connectivity index (χ4v) is 3.03. The van der Waals surface area contributed by atoms with Crippen LogP contribution in [0, 0.1) is 0 Å². The van der Waals surface area contributed by atoms with E-state index in [1.165, 1.54) is 0 Å². The first-order valence-corrected chi connectivity index (χ1v) is 6.98. The van der Waals surface area contributed by atoms with Crippen molar-refractivity contribution in [3.8, 4) is 0 Å². The molecule has 0 saturated carbocycles. The third-order valence-corrected chi connectivity index (χ3v) is 4.20. The molecule has 0 amide bonds. The van der Waals surface area contributed by atoms with Crippen molar-refractivity contribution < 1.29 is 9.59 Å². The summed E-state index contributed by atoms with van der Waals surface area (Å²) in [6, 6.07) is 5.34. The Bertz CT molecular complexity index is 678. The van der Waals surface area contributed by atoms with Gasteiger partial charge in [0.05, 0.1) is 0 Å². The lowest BCUT2D eigenvalue weighted by Crippen LogP contribution is -2.21. The average Bonchev–Trinajstić information content (AvgIpc) is 2.92. The first-order chi connectivity index (χ1) is 9.24. The molecular formula is C13H11N3O2S. The number of fused-ring (bicyclic) bond motifs is 2. The van der Waals surface area contributed by atoms with Crippen molar-refractivity contribution in [1.29, 1.82) is 0 Å². The molecule has 0 saturated heterocycles. The lowest BCUT2D eigenvalue weighted by molar-refractivity contribution is 0.0972. The van der Waals surface area contributed by atoms with Crippen LogP contribution in [0.4, 0.5) is 0 Å². The third kappa shape index (κ3) is 1.79. The fraction of sp³-hybridized carbons (Fsp3) is 0.231. The molecule has 0 spiro atoms. The lowest BCUT2D eigenvalue weighted by Gasteiger charge is -2.15. The summed E-state index contributed by atoms with van der Waals surface area (Å²) in [4.78, 5) is 25.5. The second kappa shape index (κ2) is 4.62. The first-order valence-electron chi connectivity index (χ1n) is 6.00. The smallest absolute Gasteiger partial charge is 0.217 e. The number of hydrogen-bond acceptors (Lipinski definition) is 5. The van der Waals surface area contributed by atoms with Gasteiger partial charge in [0.2, 0.25) is 11.6 Å². The quantitative estimate of drug-likeness (QED) is 0.739. The zero-order chi connectivity index (χ0) is 13.4. The zero-order valence-corrected chi connectivity index (χ0v) is 11.1. The Morgan fingerprint density at radius 1 is 1.16 bits per heavy atom. The Kier molecular flexibility index (Phi) is 2.94. The Morgan fingerprint density at radius 3 is 2.63 bits per heavy atom. The van der Waals surface area contributed by atoms with E-state index in [4.69, 9.17) is 0 Å². The van der Waals surface area contributed by atoms with Crippen LogP contribution in [0.2, 0.25) is 0 Å². The summed E-state index contributed by atoms with van der Waals surface area (Å²) in [5, 5.41) is 9.91. The van der Waals surface area contributed by atoms with Crippen molar-refractivity contribution in [2.24, 2.45) is 0 Å². The zero-order valence-electron chi connectivity index (χ0n) is 10.3. The van der Waals surface area contributed by atoms with Gasteiger partial charge in [0.15, 0.2) is 11.4 Å². The van der Waals surface area contributed by atoms with Gasteiger partial charge in [-0.25, -0.2) is 0 Å². The van der Waals surface area contributed by atoms with E-state index < -0.39 is 0 Å². The predicted octanol–water partition coefficient (Wildman–Crippen LogP) is 2.08. The van der Waals surface area contributed by atoms with Crippen LogP contribution in [0.25, 0.3) is 0 Å². The monoisotopic (exact) mass is 273 g/mol. The van der Waals surface area contributed by atoms with Crippen molar-refractivity contribution in [1.82, 2.24) is 15.4 Å². The highest BCUT2D eigenvalue weighted by molar-refractivity contribution is 7.99. The number of carbonyl (C=O) groups excluding carboxylic acids is 2. The topological polar surface area (TPSA) is 75.7 Å². The van der Waals surface area contributed by atoms with Crippen LogP contribution in [0.3, 0.4) is 0 Å². The number of thioether (sulfide) groups is 1. The number of aromatic nitrogens is 3. The van der Waals surface area contributed by atoms with E-state index in [1.54, 1.807) is 23.9 Å². The Labute approximate surface area is 113 Å². The van der Waals surface area contributed by atoms with Gasteiger partial charge in [0.25, 0.3) is 0 Å². The highest BCUT2D eigenvalue weighted by atomic mass is 32.2. The molecule has 1 aromatic heterocycles. The van der Waals surface area contributed by atoms with Gasteiger partial charge >= 0.3 is 0 Å². The molecule has 3 rings (SSSR count). The molecule has 0 bridgehead atoms. The van der Waals surface area contributed by atoms with E-state index in [0.717, 1.165) is 17.1 Å². The van der Waals surface area contributed by atoms with Crippen LogP contribution in [0.5, 0.6) is 0 Å². The van der Waals surface area contributed by atoms with Gasteiger partial charge in [-0.15, -0.1) is 11.8 Å². The summed E-state index contributed by atoms with van der Waals surface area (Å²) in [5.41, 5.74) is 1.14. The molecule has 1 heterocycles.